The maximum absolute atomic E-state index is 11.2. The van der Waals surface area contributed by atoms with Gasteiger partial charge in [0.25, 0.3) is 0 Å². The van der Waals surface area contributed by atoms with Crippen LogP contribution in [0.5, 0.6) is 0 Å². The SMILES string of the molecule is CC(C)NC(=O)CNCc1ccc(Cl)o1. The molecule has 0 saturated heterocycles. The fourth-order valence-electron chi connectivity index (χ4n) is 1.12. The molecule has 0 unspecified atom stereocenters. The van der Waals surface area contributed by atoms with E-state index in [4.69, 9.17) is 16.0 Å². The molecule has 0 fully saturated rings. The maximum Gasteiger partial charge on any atom is 0.234 e. The number of hydrogen-bond acceptors (Lipinski definition) is 3. The summed E-state index contributed by atoms with van der Waals surface area (Å²) in [5.41, 5.74) is 0. The van der Waals surface area contributed by atoms with Gasteiger partial charge in [-0.2, -0.15) is 0 Å². The second-order valence-corrected chi connectivity index (χ2v) is 3.90. The lowest BCUT2D eigenvalue weighted by atomic mass is 10.4. The molecule has 1 aromatic rings. The van der Waals surface area contributed by atoms with Gasteiger partial charge in [0.1, 0.15) is 5.76 Å². The predicted octanol–water partition coefficient (Wildman–Crippen LogP) is 1.55. The first kappa shape index (κ1) is 12.1. The van der Waals surface area contributed by atoms with Gasteiger partial charge in [-0.25, -0.2) is 0 Å². The average molecular weight is 231 g/mol. The van der Waals surface area contributed by atoms with Crippen LogP contribution in [0.2, 0.25) is 5.22 Å². The van der Waals surface area contributed by atoms with E-state index in [9.17, 15) is 4.79 Å². The van der Waals surface area contributed by atoms with Gasteiger partial charge in [-0.3, -0.25) is 4.79 Å². The van der Waals surface area contributed by atoms with Crippen LogP contribution in [0.15, 0.2) is 16.5 Å². The Morgan fingerprint density at radius 2 is 2.27 bits per heavy atom. The summed E-state index contributed by atoms with van der Waals surface area (Å²) in [6.07, 6.45) is 0. The zero-order valence-corrected chi connectivity index (χ0v) is 9.60. The largest absolute Gasteiger partial charge is 0.448 e. The normalized spacial score (nSPS) is 10.7. The highest BCUT2D eigenvalue weighted by atomic mass is 35.5. The summed E-state index contributed by atoms with van der Waals surface area (Å²) in [5, 5.41) is 6.09. The van der Waals surface area contributed by atoms with E-state index in [-0.39, 0.29) is 18.5 Å². The number of rotatable bonds is 5. The van der Waals surface area contributed by atoms with Crippen LogP contribution in [-0.4, -0.2) is 18.5 Å². The summed E-state index contributed by atoms with van der Waals surface area (Å²) in [6.45, 7) is 4.61. The van der Waals surface area contributed by atoms with Crippen LogP contribution in [-0.2, 0) is 11.3 Å². The molecule has 1 aromatic heterocycles. The summed E-state index contributed by atoms with van der Waals surface area (Å²) >= 11 is 5.60. The molecule has 0 aliphatic carbocycles. The first-order valence-corrected chi connectivity index (χ1v) is 5.20. The molecular formula is C10H15ClN2O2. The van der Waals surface area contributed by atoms with Crippen LogP contribution in [0.4, 0.5) is 0 Å². The molecule has 1 rings (SSSR count). The van der Waals surface area contributed by atoms with Crippen molar-refractivity contribution in [3.8, 4) is 0 Å². The molecule has 84 valence electrons. The van der Waals surface area contributed by atoms with E-state index >= 15 is 0 Å². The van der Waals surface area contributed by atoms with Crippen molar-refractivity contribution < 1.29 is 9.21 Å². The van der Waals surface area contributed by atoms with Gasteiger partial charge in [-0.05, 0) is 37.6 Å². The van der Waals surface area contributed by atoms with Gasteiger partial charge in [-0.15, -0.1) is 0 Å². The van der Waals surface area contributed by atoms with Crippen LogP contribution in [0, 0.1) is 0 Å². The molecular weight excluding hydrogens is 216 g/mol. The van der Waals surface area contributed by atoms with E-state index in [1.165, 1.54) is 0 Å². The smallest absolute Gasteiger partial charge is 0.234 e. The summed E-state index contributed by atoms with van der Waals surface area (Å²) in [7, 11) is 0. The highest BCUT2D eigenvalue weighted by Gasteiger charge is 2.03. The van der Waals surface area contributed by atoms with E-state index < -0.39 is 0 Å². The molecule has 5 heteroatoms. The third kappa shape index (κ3) is 4.85. The Kier molecular flexibility index (Phi) is 4.65. The second-order valence-electron chi connectivity index (χ2n) is 3.53. The number of halogens is 1. The monoisotopic (exact) mass is 230 g/mol. The molecule has 0 atom stereocenters. The maximum atomic E-state index is 11.2. The van der Waals surface area contributed by atoms with Crippen molar-refractivity contribution >= 4 is 17.5 Å². The van der Waals surface area contributed by atoms with Gasteiger partial charge in [-0.1, -0.05) is 0 Å². The predicted molar refractivity (Wildman–Crippen MR) is 58.7 cm³/mol. The Labute approximate surface area is 94.0 Å². The number of hydrogen-bond donors (Lipinski definition) is 2. The minimum Gasteiger partial charge on any atom is -0.448 e. The zero-order valence-electron chi connectivity index (χ0n) is 8.84. The number of carbonyl (C=O) groups excluding carboxylic acids is 1. The van der Waals surface area contributed by atoms with Crippen LogP contribution in [0.1, 0.15) is 19.6 Å². The molecule has 0 spiro atoms. The zero-order chi connectivity index (χ0) is 11.3. The first-order chi connectivity index (χ1) is 7.08. The Balaban J connectivity index is 2.19. The van der Waals surface area contributed by atoms with Gasteiger partial charge in [0.15, 0.2) is 5.22 Å². The van der Waals surface area contributed by atoms with Crippen molar-refractivity contribution in [3.05, 3.63) is 23.1 Å². The summed E-state index contributed by atoms with van der Waals surface area (Å²) < 4.78 is 5.12. The Morgan fingerprint density at radius 3 is 2.80 bits per heavy atom. The minimum absolute atomic E-state index is 0.0253. The molecule has 1 heterocycles. The summed E-state index contributed by atoms with van der Waals surface area (Å²) in [5.74, 6) is 0.694. The third-order valence-corrected chi connectivity index (χ3v) is 1.87. The molecule has 1 amide bonds. The second kappa shape index (κ2) is 5.78. The average Bonchev–Trinajstić information content (AvgIpc) is 2.50. The molecule has 0 radical (unpaired) electrons. The topological polar surface area (TPSA) is 54.3 Å². The summed E-state index contributed by atoms with van der Waals surface area (Å²) in [4.78, 5) is 11.2. The van der Waals surface area contributed by atoms with Crippen molar-refractivity contribution in [2.45, 2.75) is 26.4 Å². The van der Waals surface area contributed by atoms with Gasteiger partial charge < -0.3 is 15.1 Å². The molecule has 2 N–H and O–H groups in total. The number of furan rings is 1. The molecule has 0 aliphatic heterocycles. The van der Waals surface area contributed by atoms with Crippen molar-refractivity contribution in [2.24, 2.45) is 0 Å². The Morgan fingerprint density at radius 1 is 1.53 bits per heavy atom. The van der Waals surface area contributed by atoms with E-state index in [0.29, 0.717) is 11.8 Å². The summed E-state index contributed by atoms with van der Waals surface area (Å²) in [6, 6.07) is 3.61. The molecule has 4 nitrogen and oxygen atoms in total. The minimum atomic E-state index is -0.0253. The highest BCUT2D eigenvalue weighted by molar-refractivity contribution is 6.28. The Bertz CT molecular complexity index is 323. The lowest BCUT2D eigenvalue weighted by molar-refractivity contribution is -0.120. The van der Waals surface area contributed by atoms with Gasteiger partial charge >= 0.3 is 0 Å². The van der Waals surface area contributed by atoms with Crippen LogP contribution in [0.25, 0.3) is 0 Å². The standard InChI is InChI=1S/C10H15ClN2O2/c1-7(2)13-10(14)6-12-5-8-3-4-9(11)15-8/h3-4,7,12H,5-6H2,1-2H3,(H,13,14). The van der Waals surface area contributed by atoms with Crippen LogP contribution >= 0.6 is 11.6 Å². The molecule has 15 heavy (non-hydrogen) atoms. The molecule has 0 bridgehead atoms. The van der Waals surface area contributed by atoms with E-state index in [0.717, 1.165) is 5.76 Å². The van der Waals surface area contributed by atoms with E-state index in [2.05, 4.69) is 10.6 Å². The highest BCUT2D eigenvalue weighted by Crippen LogP contribution is 2.12. The quantitative estimate of drug-likeness (QED) is 0.807. The third-order valence-electron chi connectivity index (χ3n) is 1.66. The number of amides is 1. The number of carbonyl (C=O) groups is 1. The van der Waals surface area contributed by atoms with Crippen molar-refractivity contribution in [1.29, 1.82) is 0 Å². The van der Waals surface area contributed by atoms with E-state index in [1.807, 2.05) is 13.8 Å². The van der Waals surface area contributed by atoms with Gasteiger partial charge in [0, 0.05) is 6.04 Å². The number of nitrogens with one attached hydrogen (secondary N) is 2. The lowest BCUT2D eigenvalue weighted by Crippen LogP contribution is -2.37. The molecule has 0 aliphatic rings. The Hall–Kier alpha value is -1.00. The fourth-order valence-corrected chi connectivity index (χ4v) is 1.28. The van der Waals surface area contributed by atoms with Crippen molar-refractivity contribution in [3.63, 3.8) is 0 Å². The lowest BCUT2D eigenvalue weighted by Gasteiger charge is -2.08. The fraction of sp³-hybridized carbons (Fsp3) is 0.500. The molecule has 0 aromatic carbocycles. The van der Waals surface area contributed by atoms with Crippen LogP contribution < -0.4 is 10.6 Å². The van der Waals surface area contributed by atoms with Crippen molar-refractivity contribution in [2.75, 3.05) is 6.54 Å². The van der Waals surface area contributed by atoms with E-state index in [1.54, 1.807) is 12.1 Å². The first-order valence-electron chi connectivity index (χ1n) is 4.82. The van der Waals surface area contributed by atoms with Gasteiger partial charge in [0.2, 0.25) is 5.91 Å². The van der Waals surface area contributed by atoms with Gasteiger partial charge in [0.05, 0.1) is 13.1 Å². The van der Waals surface area contributed by atoms with Crippen molar-refractivity contribution in [1.82, 2.24) is 10.6 Å². The van der Waals surface area contributed by atoms with Crippen LogP contribution in [0.3, 0.4) is 0 Å². The molecule has 0 saturated carbocycles.